The molecule has 0 saturated carbocycles. The van der Waals surface area contributed by atoms with E-state index in [1.165, 1.54) is 0 Å². The van der Waals surface area contributed by atoms with Crippen molar-refractivity contribution < 1.29 is 19.4 Å². The molecule has 1 atom stereocenters. The number of nitrogens with one attached hydrogen (secondary N) is 2. The van der Waals surface area contributed by atoms with Gasteiger partial charge >= 0.3 is 12.0 Å². The van der Waals surface area contributed by atoms with E-state index in [0.29, 0.717) is 19.6 Å². The van der Waals surface area contributed by atoms with Crippen LogP contribution in [-0.4, -0.2) is 41.9 Å². The van der Waals surface area contributed by atoms with Gasteiger partial charge in [-0.1, -0.05) is 0 Å². The van der Waals surface area contributed by atoms with E-state index < -0.39 is 17.5 Å². The molecule has 6 nitrogen and oxygen atoms in total. The van der Waals surface area contributed by atoms with Crippen LogP contribution in [0.15, 0.2) is 0 Å². The molecule has 1 rings (SSSR count). The lowest BCUT2D eigenvalue weighted by Gasteiger charge is -2.34. The molecule has 1 aliphatic rings. The molecule has 2 amide bonds. The predicted octanol–water partition coefficient (Wildman–Crippen LogP) is 0.331. The zero-order valence-electron chi connectivity index (χ0n) is 10.4. The maximum absolute atomic E-state index is 11.7. The van der Waals surface area contributed by atoms with Gasteiger partial charge in [0.15, 0.2) is 0 Å². The fourth-order valence-corrected chi connectivity index (χ4v) is 1.82. The first kappa shape index (κ1) is 14.3. The van der Waals surface area contributed by atoms with Crippen LogP contribution >= 0.6 is 0 Å². The molecule has 1 fully saturated rings. The van der Waals surface area contributed by atoms with Crippen LogP contribution in [0, 0.1) is 12.3 Å². The fourth-order valence-electron chi connectivity index (χ4n) is 1.82. The molecule has 0 spiro atoms. The lowest BCUT2D eigenvalue weighted by Crippen LogP contribution is -2.60. The quantitative estimate of drug-likeness (QED) is 0.631. The van der Waals surface area contributed by atoms with E-state index in [1.807, 2.05) is 0 Å². The first-order valence-corrected chi connectivity index (χ1v) is 5.83. The van der Waals surface area contributed by atoms with Crippen LogP contribution in [0.2, 0.25) is 0 Å². The maximum Gasteiger partial charge on any atom is 0.329 e. The van der Waals surface area contributed by atoms with E-state index in [9.17, 15) is 14.7 Å². The normalized spacial score (nSPS) is 19.3. The van der Waals surface area contributed by atoms with Gasteiger partial charge in [-0.25, -0.2) is 9.59 Å². The van der Waals surface area contributed by atoms with Gasteiger partial charge in [0, 0.05) is 38.5 Å². The Morgan fingerprint density at radius 2 is 2.11 bits per heavy atom. The molecule has 0 aliphatic carbocycles. The number of rotatable bonds is 4. The summed E-state index contributed by atoms with van der Waals surface area (Å²) in [6.07, 6.45) is 6.06. The van der Waals surface area contributed by atoms with Crippen LogP contribution in [0.25, 0.3) is 0 Å². The smallest absolute Gasteiger partial charge is 0.329 e. The molecule has 1 unspecified atom stereocenters. The number of aliphatic carboxylic acids is 1. The second kappa shape index (κ2) is 6.26. The van der Waals surface area contributed by atoms with Gasteiger partial charge in [-0.2, -0.15) is 0 Å². The molecule has 1 heterocycles. The zero-order valence-corrected chi connectivity index (χ0v) is 10.4. The average Bonchev–Trinajstić information content (AvgIpc) is 2.29. The van der Waals surface area contributed by atoms with Crippen LogP contribution in [-0.2, 0) is 9.53 Å². The van der Waals surface area contributed by atoms with Crippen LogP contribution in [0.3, 0.4) is 0 Å². The predicted molar refractivity (Wildman–Crippen MR) is 65.0 cm³/mol. The van der Waals surface area contributed by atoms with Crippen LogP contribution in [0.1, 0.15) is 26.2 Å². The van der Waals surface area contributed by atoms with Gasteiger partial charge < -0.3 is 20.5 Å². The van der Waals surface area contributed by atoms with Crippen molar-refractivity contribution in [1.82, 2.24) is 10.6 Å². The summed E-state index contributed by atoms with van der Waals surface area (Å²) in [5, 5.41) is 14.4. The van der Waals surface area contributed by atoms with Crippen molar-refractivity contribution in [2.45, 2.75) is 37.8 Å². The molecule has 0 bridgehead atoms. The van der Waals surface area contributed by atoms with Gasteiger partial charge in [0.2, 0.25) is 0 Å². The van der Waals surface area contributed by atoms with E-state index >= 15 is 0 Å². The monoisotopic (exact) mass is 254 g/mol. The third-order valence-electron chi connectivity index (χ3n) is 2.91. The molecule has 0 radical (unpaired) electrons. The van der Waals surface area contributed by atoms with Crippen molar-refractivity contribution in [2.24, 2.45) is 0 Å². The maximum atomic E-state index is 11.7. The Bertz CT molecular complexity index is 356. The molecule has 0 aromatic carbocycles. The van der Waals surface area contributed by atoms with Crippen LogP contribution in [0.4, 0.5) is 4.79 Å². The van der Waals surface area contributed by atoms with Crippen molar-refractivity contribution in [3.05, 3.63) is 0 Å². The van der Waals surface area contributed by atoms with E-state index in [2.05, 4.69) is 16.6 Å². The summed E-state index contributed by atoms with van der Waals surface area (Å²) in [5.41, 5.74) is -1.24. The summed E-state index contributed by atoms with van der Waals surface area (Å²) in [6.45, 7) is 2.41. The van der Waals surface area contributed by atoms with Crippen LogP contribution in [0.5, 0.6) is 0 Å². The summed E-state index contributed by atoms with van der Waals surface area (Å²) in [7, 11) is 0. The van der Waals surface area contributed by atoms with Crippen molar-refractivity contribution in [3.8, 4) is 12.3 Å². The second-order valence-electron chi connectivity index (χ2n) is 4.41. The van der Waals surface area contributed by atoms with Crippen molar-refractivity contribution in [2.75, 3.05) is 13.2 Å². The van der Waals surface area contributed by atoms with Gasteiger partial charge in [-0.3, -0.25) is 0 Å². The Morgan fingerprint density at radius 1 is 1.50 bits per heavy atom. The SMILES string of the molecule is C#CCC(C)NC(=O)NC1(C(=O)O)CCOCC1. The number of hydrogen-bond acceptors (Lipinski definition) is 3. The molecule has 100 valence electrons. The van der Waals surface area contributed by atoms with Crippen molar-refractivity contribution >= 4 is 12.0 Å². The Morgan fingerprint density at radius 3 is 2.61 bits per heavy atom. The minimum Gasteiger partial charge on any atom is -0.480 e. The minimum atomic E-state index is -1.24. The average molecular weight is 254 g/mol. The van der Waals surface area contributed by atoms with E-state index in [0.717, 1.165) is 0 Å². The summed E-state index contributed by atoms with van der Waals surface area (Å²) >= 11 is 0. The third-order valence-corrected chi connectivity index (χ3v) is 2.91. The largest absolute Gasteiger partial charge is 0.480 e. The molecular weight excluding hydrogens is 236 g/mol. The molecule has 0 aromatic rings. The number of amides is 2. The van der Waals surface area contributed by atoms with Crippen molar-refractivity contribution in [3.63, 3.8) is 0 Å². The Kier molecular flexibility index (Phi) is 4.98. The van der Waals surface area contributed by atoms with Gasteiger partial charge in [0.1, 0.15) is 5.54 Å². The summed E-state index contributed by atoms with van der Waals surface area (Å²) < 4.78 is 5.11. The van der Waals surface area contributed by atoms with Gasteiger partial charge in [-0.05, 0) is 6.92 Å². The number of ether oxygens (including phenoxy) is 1. The number of carboxylic acid groups (broad SMARTS) is 1. The highest BCUT2D eigenvalue weighted by Gasteiger charge is 2.41. The Hall–Kier alpha value is -1.74. The highest BCUT2D eigenvalue weighted by Crippen LogP contribution is 2.20. The first-order chi connectivity index (χ1) is 8.50. The fraction of sp³-hybridized carbons (Fsp3) is 0.667. The number of terminal acetylenes is 1. The molecule has 6 heteroatoms. The van der Waals surface area contributed by atoms with E-state index in [4.69, 9.17) is 11.2 Å². The molecule has 3 N–H and O–H groups in total. The van der Waals surface area contributed by atoms with Crippen molar-refractivity contribution in [1.29, 1.82) is 0 Å². The zero-order chi connectivity index (χ0) is 13.6. The highest BCUT2D eigenvalue weighted by molar-refractivity contribution is 5.86. The number of hydrogen-bond donors (Lipinski definition) is 3. The first-order valence-electron chi connectivity index (χ1n) is 5.83. The number of urea groups is 1. The number of carbonyl (C=O) groups is 2. The Balaban J connectivity index is 2.59. The van der Waals surface area contributed by atoms with Gasteiger partial charge in [0.05, 0.1) is 0 Å². The lowest BCUT2D eigenvalue weighted by atomic mass is 9.90. The number of carboxylic acids is 1. The van der Waals surface area contributed by atoms with Gasteiger partial charge in [0.25, 0.3) is 0 Å². The molecule has 1 saturated heterocycles. The highest BCUT2D eigenvalue weighted by atomic mass is 16.5. The van der Waals surface area contributed by atoms with E-state index in [-0.39, 0.29) is 18.9 Å². The molecular formula is C12H18N2O4. The van der Waals surface area contributed by atoms with Gasteiger partial charge in [-0.15, -0.1) is 12.3 Å². The molecule has 1 aliphatic heterocycles. The molecule has 18 heavy (non-hydrogen) atoms. The summed E-state index contributed by atoms with van der Waals surface area (Å²) in [5.74, 6) is 1.39. The molecule has 0 aromatic heterocycles. The summed E-state index contributed by atoms with van der Waals surface area (Å²) in [6, 6.07) is -0.706. The minimum absolute atomic E-state index is 0.194. The second-order valence-corrected chi connectivity index (χ2v) is 4.41. The van der Waals surface area contributed by atoms with E-state index in [1.54, 1.807) is 6.92 Å². The number of carbonyl (C=O) groups excluding carboxylic acids is 1. The summed E-state index contributed by atoms with van der Waals surface area (Å²) in [4.78, 5) is 23.0. The lowest BCUT2D eigenvalue weighted by molar-refractivity contribution is -0.148. The Labute approximate surface area is 106 Å². The topological polar surface area (TPSA) is 87.7 Å². The third kappa shape index (κ3) is 3.64. The van der Waals surface area contributed by atoms with Crippen LogP contribution < -0.4 is 10.6 Å². The standard InChI is InChI=1S/C12H18N2O4/c1-3-4-9(2)13-11(17)14-12(10(15)16)5-7-18-8-6-12/h1,9H,4-8H2,2H3,(H,15,16)(H2,13,14,17).